The summed E-state index contributed by atoms with van der Waals surface area (Å²) in [7, 11) is 0. The molecule has 1 aliphatic rings. The van der Waals surface area contributed by atoms with Gasteiger partial charge in [0.05, 0.1) is 17.1 Å². The largest absolute Gasteiger partial charge is 0.421 e. The Morgan fingerprint density at radius 1 is 0.812 bits per heavy atom. The third-order valence-corrected chi connectivity index (χ3v) is 1.93. The molecule has 0 bridgehead atoms. The van der Waals surface area contributed by atoms with Gasteiger partial charge in [-0.2, -0.15) is 21.0 Å². The third kappa shape index (κ3) is 1.44. The second-order valence-corrected chi connectivity index (χ2v) is 2.69. The predicted octanol–water partition coefficient (Wildman–Crippen LogP) is -0.172. The van der Waals surface area contributed by atoms with E-state index in [9.17, 15) is 0 Å². The summed E-state index contributed by atoms with van der Waals surface area (Å²) in [5.74, 6) is 1.74. The Morgan fingerprint density at radius 2 is 1.44 bits per heavy atom. The molecule has 0 atom stereocenters. The molecular weight excluding hydrogens is 203 g/mol. The summed E-state index contributed by atoms with van der Waals surface area (Å²) < 4.78 is 0. The summed E-state index contributed by atoms with van der Waals surface area (Å²) in [6.45, 7) is -1.06. The SMILES string of the molecule is N#CB1NC(C#N)=C(C#N)C(C#N)=C1C#N. The smallest absolute Gasteiger partial charge is 0.401 e. The fraction of sp³-hybridized carbons (Fsp3) is 0. The van der Waals surface area contributed by atoms with Crippen LogP contribution in [0.1, 0.15) is 0 Å². The molecule has 16 heavy (non-hydrogen) atoms. The van der Waals surface area contributed by atoms with Crippen LogP contribution in [0.25, 0.3) is 0 Å². The maximum absolute atomic E-state index is 8.83. The number of allylic oxidation sites excluding steroid dienone is 4. The standard InChI is InChI=1S/C9HBN6/c11-1-6-7(2-12)9(4-14)16-10(5-15)8(6)3-13/h16H. The van der Waals surface area contributed by atoms with Gasteiger partial charge in [0.25, 0.3) is 0 Å². The number of nitriles is 5. The van der Waals surface area contributed by atoms with Crippen molar-refractivity contribution in [3.63, 3.8) is 0 Å². The van der Waals surface area contributed by atoms with Gasteiger partial charge in [-0.1, -0.05) is 0 Å². The van der Waals surface area contributed by atoms with Crippen LogP contribution in [0.15, 0.2) is 22.3 Å². The van der Waals surface area contributed by atoms with E-state index < -0.39 is 6.85 Å². The zero-order valence-corrected chi connectivity index (χ0v) is 7.81. The first kappa shape index (κ1) is 10.9. The van der Waals surface area contributed by atoms with Crippen LogP contribution in [0.2, 0.25) is 0 Å². The van der Waals surface area contributed by atoms with E-state index in [1.165, 1.54) is 0 Å². The molecule has 0 radical (unpaired) electrons. The van der Waals surface area contributed by atoms with Crippen LogP contribution < -0.4 is 5.23 Å². The van der Waals surface area contributed by atoms with Gasteiger partial charge < -0.3 is 5.23 Å². The molecule has 0 fully saturated rings. The van der Waals surface area contributed by atoms with Crippen molar-refractivity contribution in [2.45, 2.75) is 0 Å². The summed E-state index contributed by atoms with van der Waals surface area (Å²) in [4.78, 5) is 0. The molecule has 1 heterocycles. The topological polar surface area (TPSA) is 131 Å². The van der Waals surface area contributed by atoms with Crippen LogP contribution in [-0.2, 0) is 0 Å². The molecule has 1 aliphatic heterocycles. The van der Waals surface area contributed by atoms with Gasteiger partial charge in [-0.25, -0.2) is 5.26 Å². The molecule has 1 rings (SSSR count). The van der Waals surface area contributed by atoms with Gasteiger partial charge in [-0.3, -0.25) is 0 Å². The van der Waals surface area contributed by atoms with Gasteiger partial charge >= 0.3 is 6.85 Å². The zero-order chi connectivity index (χ0) is 12.1. The van der Waals surface area contributed by atoms with Crippen molar-refractivity contribution in [3.05, 3.63) is 22.3 Å². The van der Waals surface area contributed by atoms with E-state index in [1.54, 1.807) is 30.2 Å². The van der Waals surface area contributed by atoms with Crippen molar-refractivity contribution >= 4 is 6.85 Å². The summed E-state index contributed by atoms with van der Waals surface area (Å²) in [5, 5.41) is 46.3. The van der Waals surface area contributed by atoms with Gasteiger partial charge in [0.15, 0.2) is 0 Å². The summed E-state index contributed by atoms with van der Waals surface area (Å²) in [5.41, 5.74) is -0.718. The molecule has 0 aromatic heterocycles. The maximum atomic E-state index is 8.83. The Hall–Kier alpha value is -3.21. The van der Waals surface area contributed by atoms with Crippen molar-refractivity contribution in [2.75, 3.05) is 0 Å². The maximum Gasteiger partial charge on any atom is 0.421 e. The van der Waals surface area contributed by atoms with E-state index in [0.29, 0.717) is 0 Å². The quantitative estimate of drug-likeness (QED) is 0.544. The lowest BCUT2D eigenvalue weighted by atomic mass is 9.54. The molecule has 0 aromatic rings. The fourth-order valence-electron chi connectivity index (χ4n) is 1.23. The number of nitrogens with one attached hydrogen (secondary N) is 1. The first-order chi connectivity index (χ1) is 7.73. The molecular formula is C9HBN6. The van der Waals surface area contributed by atoms with Crippen LogP contribution in [0.5, 0.6) is 0 Å². The van der Waals surface area contributed by atoms with E-state index in [0.717, 1.165) is 0 Å². The van der Waals surface area contributed by atoms with Crippen LogP contribution in [-0.4, -0.2) is 6.85 Å². The molecule has 0 aliphatic carbocycles. The number of hydrogen-bond donors (Lipinski definition) is 1. The van der Waals surface area contributed by atoms with Crippen LogP contribution in [0.4, 0.5) is 0 Å². The van der Waals surface area contributed by atoms with E-state index in [4.69, 9.17) is 26.3 Å². The minimum absolute atomic E-state index is 0.138. The lowest BCUT2D eigenvalue weighted by Gasteiger charge is -2.15. The predicted molar refractivity (Wildman–Crippen MR) is 51.0 cm³/mol. The summed E-state index contributed by atoms with van der Waals surface area (Å²) in [6.07, 6.45) is 0. The Kier molecular flexibility index (Phi) is 2.95. The van der Waals surface area contributed by atoms with Crippen molar-refractivity contribution in [1.82, 2.24) is 5.23 Å². The molecule has 6 nitrogen and oxygen atoms in total. The monoisotopic (exact) mass is 204 g/mol. The number of hydrogen-bond acceptors (Lipinski definition) is 6. The Bertz CT molecular complexity index is 607. The Labute approximate surface area is 91.6 Å². The Balaban J connectivity index is 3.59. The lowest BCUT2D eigenvalue weighted by Crippen LogP contribution is -2.38. The van der Waals surface area contributed by atoms with Crippen molar-refractivity contribution in [3.8, 4) is 30.2 Å². The van der Waals surface area contributed by atoms with Crippen LogP contribution >= 0.6 is 0 Å². The van der Waals surface area contributed by atoms with Crippen LogP contribution in [0, 0.1) is 56.6 Å². The number of rotatable bonds is 0. The zero-order valence-electron chi connectivity index (χ0n) is 7.81. The van der Waals surface area contributed by atoms with Gasteiger partial charge in [0.1, 0.15) is 29.5 Å². The average molecular weight is 204 g/mol. The first-order valence-corrected chi connectivity index (χ1v) is 3.98. The highest BCUT2D eigenvalue weighted by atomic mass is 14.8. The van der Waals surface area contributed by atoms with Gasteiger partial charge in [-0.15, -0.1) is 0 Å². The van der Waals surface area contributed by atoms with Crippen LogP contribution in [0.3, 0.4) is 0 Å². The van der Waals surface area contributed by atoms with Gasteiger partial charge in [0, 0.05) is 5.97 Å². The fourth-order valence-corrected chi connectivity index (χ4v) is 1.23. The minimum Gasteiger partial charge on any atom is -0.401 e. The summed E-state index contributed by atoms with van der Waals surface area (Å²) >= 11 is 0. The lowest BCUT2D eigenvalue weighted by molar-refractivity contribution is 1.16. The third-order valence-electron chi connectivity index (χ3n) is 1.93. The average Bonchev–Trinajstić information content (AvgIpc) is 2.35. The molecule has 0 unspecified atom stereocenters. The molecule has 7 heteroatoms. The van der Waals surface area contributed by atoms with Crippen molar-refractivity contribution in [1.29, 1.82) is 26.3 Å². The number of nitrogens with zero attached hydrogens (tertiary/aromatic N) is 5. The highest BCUT2D eigenvalue weighted by Gasteiger charge is 2.33. The molecule has 0 saturated carbocycles. The van der Waals surface area contributed by atoms with Gasteiger partial charge in [0.2, 0.25) is 0 Å². The second-order valence-electron chi connectivity index (χ2n) is 2.69. The van der Waals surface area contributed by atoms with E-state index in [-0.39, 0.29) is 22.3 Å². The highest BCUT2D eigenvalue weighted by molar-refractivity contribution is 6.74. The van der Waals surface area contributed by atoms with E-state index in [1.807, 2.05) is 0 Å². The minimum atomic E-state index is -1.06. The van der Waals surface area contributed by atoms with Crippen molar-refractivity contribution < 1.29 is 0 Å². The normalized spacial score (nSPS) is 13.8. The molecule has 0 saturated heterocycles. The molecule has 0 amide bonds. The highest BCUT2D eigenvalue weighted by Crippen LogP contribution is 2.22. The van der Waals surface area contributed by atoms with E-state index >= 15 is 0 Å². The molecule has 0 spiro atoms. The molecule has 0 aromatic carbocycles. The first-order valence-electron chi connectivity index (χ1n) is 3.98. The summed E-state index contributed by atoms with van der Waals surface area (Å²) in [6, 6.07) is 6.71. The molecule has 70 valence electrons. The van der Waals surface area contributed by atoms with E-state index in [2.05, 4.69) is 5.23 Å². The van der Waals surface area contributed by atoms with Crippen molar-refractivity contribution in [2.24, 2.45) is 0 Å². The Morgan fingerprint density at radius 3 is 1.81 bits per heavy atom. The molecule has 1 N–H and O–H groups in total. The second kappa shape index (κ2) is 4.34. The van der Waals surface area contributed by atoms with Gasteiger partial charge in [-0.05, 0) is 0 Å².